The largest absolute Gasteiger partial charge is 0.419 e. The van der Waals surface area contributed by atoms with Crippen LogP contribution < -0.4 is 10.6 Å². The molecule has 1 fully saturated rings. The monoisotopic (exact) mass is 621 g/mol. The minimum atomic E-state index is -4.90. The highest BCUT2D eigenvalue weighted by atomic mass is 19.4. The summed E-state index contributed by atoms with van der Waals surface area (Å²) in [7, 11) is 3.74. The second kappa shape index (κ2) is 11.6. The van der Waals surface area contributed by atoms with Crippen LogP contribution in [0.4, 0.5) is 29.1 Å². The van der Waals surface area contributed by atoms with Gasteiger partial charge in [-0.1, -0.05) is 12.1 Å². The number of aromatic nitrogens is 3. The summed E-state index contributed by atoms with van der Waals surface area (Å²) < 4.78 is 56.6. The molecular weight excluding hydrogens is 590 g/mol. The molecule has 0 saturated carbocycles. The van der Waals surface area contributed by atoms with Gasteiger partial charge in [0.25, 0.3) is 11.8 Å². The highest BCUT2D eigenvalue weighted by Crippen LogP contribution is 2.39. The van der Waals surface area contributed by atoms with Crippen LogP contribution in [0.1, 0.15) is 47.4 Å². The summed E-state index contributed by atoms with van der Waals surface area (Å²) in [5.74, 6) is -2.05. The molecule has 6 rings (SSSR count). The number of rotatable bonds is 5. The molecule has 0 aliphatic carbocycles. The quantitative estimate of drug-likeness (QED) is 0.279. The predicted octanol–water partition coefficient (Wildman–Crippen LogP) is 5.68. The second-order valence-electron chi connectivity index (χ2n) is 11.5. The van der Waals surface area contributed by atoms with Crippen LogP contribution in [0.25, 0.3) is 10.8 Å². The summed E-state index contributed by atoms with van der Waals surface area (Å²) in [6.45, 7) is 3.33. The lowest BCUT2D eigenvalue weighted by Crippen LogP contribution is -2.44. The zero-order valence-electron chi connectivity index (χ0n) is 24.8. The Bertz CT molecular complexity index is 1830. The van der Waals surface area contributed by atoms with E-state index in [2.05, 4.69) is 25.6 Å². The van der Waals surface area contributed by atoms with Gasteiger partial charge in [-0.05, 0) is 81.2 Å². The number of hydrogen-bond acceptors (Lipinski definition) is 6. The molecule has 2 aromatic heterocycles. The van der Waals surface area contributed by atoms with E-state index >= 15 is 0 Å². The van der Waals surface area contributed by atoms with Gasteiger partial charge >= 0.3 is 6.18 Å². The Kier molecular flexibility index (Phi) is 7.81. The van der Waals surface area contributed by atoms with E-state index in [0.717, 1.165) is 48.8 Å². The Morgan fingerprint density at radius 2 is 1.80 bits per heavy atom. The zero-order valence-corrected chi connectivity index (χ0v) is 24.8. The van der Waals surface area contributed by atoms with Crippen LogP contribution in [0.5, 0.6) is 0 Å². The van der Waals surface area contributed by atoms with Crippen molar-refractivity contribution in [2.75, 3.05) is 37.8 Å². The van der Waals surface area contributed by atoms with Crippen LogP contribution in [-0.4, -0.2) is 69.6 Å². The van der Waals surface area contributed by atoms with Crippen molar-refractivity contribution in [1.82, 2.24) is 24.6 Å². The van der Waals surface area contributed by atoms with Crippen molar-refractivity contribution in [2.45, 2.75) is 38.0 Å². The number of hydrogen-bond donors (Lipinski definition) is 2. The molecule has 0 spiro atoms. The molecule has 0 radical (unpaired) electrons. The lowest BCUT2D eigenvalue weighted by atomic mass is 9.93. The molecule has 2 N–H and O–H groups in total. The minimum Gasteiger partial charge on any atom is -0.344 e. The maximum absolute atomic E-state index is 14.9. The predicted molar refractivity (Wildman–Crippen MR) is 161 cm³/mol. The number of carbonyl (C=O) groups is 2. The highest BCUT2D eigenvalue weighted by Gasteiger charge is 2.38. The van der Waals surface area contributed by atoms with Gasteiger partial charge in [0.1, 0.15) is 17.7 Å². The summed E-state index contributed by atoms with van der Waals surface area (Å²) >= 11 is 0. The van der Waals surface area contributed by atoms with Crippen molar-refractivity contribution in [3.05, 3.63) is 94.8 Å². The Morgan fingerprint density at radius 1 is 1.04 bits per heavy atom. The number of nitrogens with zero attached hydrogens (tertiary/aromatic N) is 5. The fraction of sp³-hybridized carbons (Fsp3) is 0.312. The maximum Gasteiger partial charge on any atom is 0.419 e. The van der Waals surface area contributed by atoms with Crippen LogP contribution in [0.2, 0.25) is 0 Å². The molecule has 2 aliphatic heterocycles. The van der Waals surface area contributed by atoms with E-state index in [1.165, 1.54) is 10.7 Å². The standard InChI is InChI=1S/C32H31F4N7O2/c1-18-28(30(44)39-22-6-4-21-17-37-11-8-19(21)14-22)29(20-5-7-24(25(33)15-20)32(34,35)36)43-27(38-18)16-26(40-43)31(45)42(3)23-9-12-41(2)13-10-23/h4-8,11,14-17,23,29,38H,9-10,12-13H2,1-3H3,(H,39,44). The normalized spacial score (nSPS) is 17.6. The molecule has 45 heavy (non-hydrogen) atoms. The zero-order chi connectivity index (χ0) is 32.0. The Morgan fingerprint density at radius 3 is 2.51 bits per heavy atom. The van der Waals surface area contributed by atoms with Crippen LogP contribution in [-0.2, 0) is 11.0 Å². The van der Waals surface area contributed by atoms with Gasteiger partial charge in [-0.25, -0.2) is 9.07 Å². The first-order valence-corrected chi connectivity index (χ1v) is 14.5. The lowest BCUT2D eigenvalue weighted by molar-refractivity contribution is -0.140. The first-order valence-electron chi connectivity index (χ1n) is 14.5. The molecule has 234 valence electrons. The number of pyridine rings is 1. The van der Waals surface area contributed by atoms with E-state index < -0.39 is 29.5 Å². The van der Waals surface area contributed by atoms with Crippen molar-refractivity contribution >= 4 is 34.1 Å². The van der Waals surface area contributed by atoms with Crippen molar-refractivity contribution in [2.24, 2.45) is 0 Å². The average Bonchev–Trinajstić information content (AvgIpc) is 3.42. The number of likely N-dealkylation sites (tertiary alicyclic amines) is 1. The third-order valence-corrected chi connectivity index (χ3v) is 8.51. The summed E-state index contributed by atoms with van der Waals surface area (Å²) in [6.07, 6.45) is 0.0189. The Balaban J connectivity index is 1.38. The van der Waals surface area contributed by atoms with Crippen LogP contribution in [0, 0.1) is 5.82 Å². The number of benzene rings is 2. The number of fused-ring (bicyclic) bond motifs is 2. The van der Waals surface area contributed by atoms with E-state index in [1.54, 1.807) is 55.5 Å². The molecule has 2 amide bonds. The number of amides is 2. The van der Waals surface area contributed by atoms with E-state index in [0.29, 0.717) is 23.3 Å². The molecule has 4 heterocycles. The molecule has 1 saturated heterocycles. The molecule has 13 heteroatoms. The number of allylic oxidation sites excluding steroid dienone is 1. The fourth-order valence-electron chi connectivity index (χ4n) is 6.00. The van der Waals surface area contributed by atoms with E-state index in [4.69, 9.17) is 0 Å². The smallest absolute Gasteiger partial charge is 0.344 e. The van der Waals surface area contributed by atoms with Gasteiger partial charge in [-0.15, -0.1) is 0 Å². The van der Waals surface area contributed by atoms with Crippen LogP contribution in [0.15, 0.2) is 72.2 Å². The molecule has 9 nitrogen and oxygen atoms in total. The molecule has 1 unspecified atom stereocenters. The van der Waals surface area contributed by atoms with E-state index in [-0.39, 0.29) is 28.8 Å². The van der Waals surface area contributed by atoms with Gasteiger partial charge in [0.15, 0.2) is 5.69 Å². The Labute approximate surface area is 256 Å². The maximum atomic E-state index is 14.9. The minimum absolute atomic E-state index is 0.0131. The Hall–Kier alpha value is -4.78. The topological polar surface area (TPSA) is 95.4 Å². The molecular formula is C32H31F4N7O2. The number of nitrogens with one attached hydrogen (secondary N) is 2. The van der Waals surface area contributed by atoms with Crippen LogP contribution in [0.3, 0.4) is 0 Å². The number of carbonyl (C=O) groups excluding carboxylic acids is 2. The molecule has 2 aliphatic rings. The summed E-state index contributed by atoms with van der Waals surface area (Å²) in [5.41, 5.74) is -0.329. The van der Waals surface area contributed by atoms with Gasteiger partial charge in [-0.3, -0.25) is 14.6 Å². The molecule has 0 bridgehead atoms. The van der Waals surface area contributed by atoms with E-state index in [9.17, 15) is 27.2 Å². The lowest BCUT2D eigenvalue weighted by Gasteiger charge is -2.34. The third kappa shape index (κ3) is 5.87. The van der Waals surface area contributed by atoms with Crippen molar-refractivity contribution in [3.8, 4) is 0 Å². The van der Waals surface area contributed by atoms with Gasteiger partial charge in [-0.2, -0.15) is 18.3 Å². The highest BCUT2D eigenvalue weighted by molar-refractivity contribution is 6.07. The molecule has 2 aromatic carbocycles. The third-order valence-electron chi connectivity index (χ3n) is 8.51. The van der Waals surface area contributed by atoms with Gasteiger partial charge < -0.3 is 20.4 Å². The van der Waals surface area contributed by atoms with Crippen LogP contribution >= 0.6 is 0 Å². The van der Waals surface area contributed by atoms with Crippen molar-refractivity contribution in [3.63, 3.8) is 0 Å². The van der Waals surface area contributed by atoms with E-state index in [1.807, 2.05) is 7.05 Å². The summed E-state index contributed by atoms with van der Waals surface area (Å²) in [6, 6.07) is 10.0. The number of piperidine rings is 1. The van der Waals surface area contributed by atoms with Gasteiger partial charge in [0, 0.05) is 48.3 Å². The fourth-order valence-corrected chi connectivity index (χ4v) is 6.00. The number of alkyl halides is 3. The first kappa shape index (κ1) is 30.3. The second-order valence-corrected chi connectivity index (χ2v) is 11.5. The molecule has 4 aromatic rings. The number of anilines is 2. The molecule has 1 atom stereocenters. The average molecular weight is 622 g/mol. The first-order chi connectivity index (χ1) is 21.4. The van der Waals surface area contributed by atoms with Gasteiger partial charge in [0.2, 0.25) is 0 Å². The van der Waals surface area contributed by atoms with Gasteiger partial charge in [0.05, 0.1) is 11.1 Å². The summed E-state index contributed by atoms with van der Waals surface area (Å²) in [4.78, 5) is 35.4. The number of halogens is 4. The summed E-state index contributed by atoms with van der Waals surface area (Å²) in [5, 5.41) is 12.2. The SMILES string of the molecule is CC1=C(C(=O)Nc2ccc3cnccc3c2)C(c2ccc(C(F)(F)F)c(F)c2)n2nc(C(=O)N(C)C3CCN(C)CC3)cc2N1. The van der Waals surface area contributed by atoms with Crippen molar-refractivity contribution in [1.29, 1.82) is 0 Å². The van der Waals surface area contributed by atoms with Crippen molar-refractivity contribution < 1.29 is 27.2 Å².